The third-order valence-electron chi connectivity index (χ3n) is 7.41. The summed E-state index contributed by atoms with van der Waals surface area (Å²) in [6.07, 6.45) is 10.8. The van der Waals surface area contributed by atoms with Crippen molar-refractivity contribution in [1.82, 2.24) is 10.2 Å². The molecule has 3 N–H and O–H groups in total. The highest BCUT2D eigenvalue weighted by molar-refractivity contribution is 5.79. The molecule has 1 amide bonds. The summed E-state index contributed by atoms with van der Waals surface area (Å²) in [5.41, 5.74) is 6.40. The molecule has 0 radical (unpaired) electrons. The molecule has 4 heteroatoms. The Balaban J connectivity index is 1.57. The van der Waals surface area contributed by atoms with Gasteiger partial charge in [-0.15, -0.1) is 0 Å². The van der Waals surface area contributed by atoms with Crippen LogP contribution in [0.15, 0.2) is 0 Å². The van der Waals surface area contributed by atoms with Crippen LogP contribution in [0.2, 0.25) is 0 Å². The lowest BCUT2D eigenvalue weighted by atomic mass is 9.65. The summed E-state index contributed by atoms with van der Waals surface area (Å²) in [7, 11) is 0. The summed E-state index contributed by atoms with van der Waals surface area (Å²) in [5.74, 6) is 2.34. The second-order valence-electron chi connectivity index (χ2n) is 8.84. The molecule has 3 aliphatic rings. The number of amides is 1. The topological polar surface area (TPSA) is 58.4 Å². The Labute approximate surface area is 154 Å². The maximum absolute atomic E-state index is 13.0. The Hall–Kier alpha value is -0.610. The minimum absolute atomic E-state index is 0.214. The van der Waals surface area contributed by atoms with Gasteiger partial charge in [0.05, 0.1) is 0 Å². The lowest BCUT2D eigenvalue weighted by molar-refractivity contribution is -0.129. The highest BCUT2D eigenvalue weighted by Crippen LogP contribution is 2.42. The first-order valence-electron chi connectivity index (χ1n) is 10.9. The zero-order chi connectivity index (χ0) is 17.8. The van der Waals surface area contributed by atoms with Crippen LogP contribution in [0.25, 0.3) is 0 Å². The first-order valence-corrected chi connectivity index (χ1v) is 10.9. The maximum atomic E-state index is 13.0. The first kappa shape index (κ1) is 19.2. The van der Waals surface area contributed by atoms with Gasteiger partial charge in [-0.25, -0.2) is 0 Å². The van der Waals surface area contributed by atoms with E-state index < -0.39 is 0 Å². The Morgan fingerprint density at radius 3 is 2.28 bits per heavy atom. The molecule has 3 fully saturated rings. The zero-order valence-electron chi connectivity index (χ0n) is 16.4. The van der Waals surface area contributed by atoms with Gasteiger partial charge in [-0.3, -0.25) is 4.79 Å². The van der Waals surface area contributed by atoms with Gasteiger partial charge in [0.15, 0.2) is 0 Å². The van der Waals surface area contributed by atoms with Crippen molar-refractivity contribution in [3.63, 3.8) is 0 Å². The molecule has 144 valence electrons. The highest BCUT2D eigenvalue weighted by Gasteiger charge is 2.41. The molecule has 25 heavy (non-hydrogen) atoms. The molecule has 4 atom stereocenters. The second-order valence-corrected chi connectivity index (χ2v) is 8.84. The van der Waals surface area contributed by atoms with Crippen molar-refractivity contribution < 1.29 is 4.79 Å². The van der Waals surface area contributed by atoms with E-state index >= 15 is 0 Å². The molecule has 0 aliphatic heterocycles. The molecule has 0 aromatic heterocycles. The van der Waals surface area contributed by atoms with Crippen molar-refractivity contribution in [2.45, 2.75) is 83.7 Å². The molecule has 2 bridgehead atoms. The molecule has 0 aromatic carbocycles. The number of nitrogens with one attached hydrogen (secondary N) is 1. The molecule has 3 aliphatic carbocycles. The maximum Gasteiger partial charge on any atom is 0.223 e. The number of carbonyl (C=O) groups is 1. The summed E-state index contributed by atoms with van der Waals surface area (Å²) in [6, 6.07) is 0.736. The molecule has 0 spiro atoms. The molecule has 3 saturated carbocycles. The fraction of sp³-hybridized carbons (Fsp3) is 0.952. The predicted molar refractivity (Wildman–Crippen MR) is 103 cm³/mol. The van der Waals surface area contributed by atoms with E-state index in [9.17, 15) is 4.79 Å². The largest absolute Gasteiger partial charge is 0.353 e. The van der Waals surface area contributed by atoms with Gasteiger partial charge < -0.3 is 16.0 Å². The van der Waals surface area contributed by atoms with Crippen molar-refractivity contribution in [1.29, 1.82) is 0 Å². The van der Waals surface area contributed by atoms with Crippen LogP contribution < -0.4 is 11.1 Å². The number of rotatable bonds is 6. The minimum atomic E-state index is 0.214. The van der Waals surface area contributed by atoms with E-state index in [1.807, 2.05) is 0 Å². The van der Waals surface area contributed by atoms with Crippen molar-refractivity contribution in [2.75, 3.05) is 19.6 Å². The Bertz CT molecular complexity index is 423. The Morgan fingerprint density at radius 2 is 1.64 bits per heavy atom. The van der Waals surface area contributed by atoms with Crippen molar-refractivity contribution >= 4 is 5.91 Å². The Morgan fingerprint density at radius 1 is 1.00 bits per heavy atom. The van der Waals surface area contributed by atoms with Gasteiger partial charge in [0.1, 0.15) is 0 Å². The predicted octanol–water partition coefficient (Wildman–Crippen LogP) is 3.16. The summed E-state index contributed by atoms with van der Waals surface area (Å²) in [5, 5.41) is 3.49. The number of nitrogens with two attached hydrogens (primary N) is 1. The minimum Gasteiger partial charge on any atom is -0.353 e. The first-order chi connectivity index (χ1) is 12.1. The van der Waals surface area contributed by atoms with E-state index in [1.54, 1.807) is 0 Å². The lowest BCUT2D eigenvalue weighted by Gasteiger charge is -2.44. The lowest BCUT2D eigenvalue weighted by Crippen LogP contribution is -2.52. The number of hydrogen-bond acceptors (Lipinski definition) is 3. The van der Waals surface area contributed by atoms with E-state index in [4.69, 9.17) is 5.73 Å². The van der Waals surface area contributed by atoms with Crippen molar-refractivity contribution in [2.24, 2.45) is 29.4 Å². The molecular formula is C21H39N3O. The number of carbonyl (C=O) groups excluding carboxylic acids is 1. The number of nitrogens with zero attached hydrogens (tertiary/aromatic N) is 1. The van der Waals surface area contributed by atoms with Crippen molar-refractivity contribution in [3.8, 4) is 0 Å². The monoisotopic (exact) mass is 349 g/mol. The van der Waals surface area contributed by atoms with E-state index in [1.165, 1.54) is 38.5 Å². The zero-order valence-corrected chi connectivity index (χ0v) is 16.4. The summed E-state index contributed by atoms with van der Waals surface area (Å²) in [6.45, 7) is 7.84. The quantitative estimate of drug-likeness (QED) is 0.774. The average molecular weight is 350 g/mol. The van der Waals surface area contributed by atoms with Gasteiger partial charge >= 0.3 is 0 Å². The molecule has 0 saturated heterocycles. The van der Waals surface area contributed by atoms with E-state index in [2.05, 4.69) is 24.1 Å². The fourth-order valence-electron chi connectivity index (χ4n) is 5.73. The SMILES string of the molecule is CCN(CC)CC1CCCCC1NC(=O)C1CC2CCCC(C1)C2N. The standard InChI is InChI=1S/C21H39N3O/c1-3-24(4-2)14-17-8-5-6-11-19(17)23-21(25)18-12-15-9-7-10-16(13-18)20(15)22/h15-20H,3-14,22H2,1-2H3,(H,23,25). The van der Waals surface area contributed by atoms with Gasteiger partial charge in [-0.05, 0) is 69.4 Å². The Kier molecular flexibility index (Phi) is 6.79. The number of fused-ring (bicyclic) bond motifs is 2. The van der Waals surface area contributed by atoms with Crippen molar-refractivity contribution in [3.05, 3.63) is 0 Å². The molecule has 0 heterocycles. The molecular weight excluding hydrogens is 310 g/mol. The molecule has 3 rings (SSSR count). The molecule has 0 aromatic rings. The van der Waals surface area contributed by atoms with Crippen LogP contribution in [-0.2, 0) is 4.79 Å². The molecule has 4 unspecified atom stereocenters. The number of hydrogen-bond donors (Lipinski definition) is 2. The van der Waals surface area contributed by atoms with Crippen LogP contribution in [0.3, 0.4) is 0 Å². The van der Waals surface area contributed by atoms with E-state index in [-0.39, 0.29) is 5.92 Å². The van der Waals surface area contributed by atoms with Gasteiger partial charge in [0.25, 0.3) is 0 Å². The molecule has 4 nitrogen and oxygen atoms in total. The summed E-state index contributed by atoms with van der Waals surface area (Å²) >= 11 is 0. The van der Waals surface area contributed by atoms with Gasteiger partial charge in [0, 0.05) is 24.5 Å². The summed E-state index contributed by atoms with van der Waals surface area (Å²) in [4.78, 5) is 15.5. The summed E-state index contributed by atoms with van der Waals surface area (Å²) < 4.78 is 0. The van der Waals surface area contributed by atoms with Crippen LogP contribution in [0.4, 0.5) is 0 Å². The van der Waals surface area contributed by atoms with Gasteiger partial charge in [0.2, 0.25) is 5.91 Å². The van der Waals surface area contributed by atoms with Gasteiger partial charge in [-0.1, -0.05) is 33.1 Å². The third-order valence-corrected chi connectivity index (χ3v) is 7.41. The van der Waals surface area contributed by atoms with Crippen LogP contribution in [0.1, 0.15) is 71.6 Å². The van der Waals surface area contributed by atoms with Gasteiger partial charge in [-0.2, -0.15) is 0 Å². The van der Waals surface area contributed by atoms with Crippen LogP contribution in [0.5, 0.6) is 0 Å². The third kappa shape index (κ3) is 4.57. The van der Waals surface area contributed by atoms with Crippen LogP contribution in [0, 0.1) is 23.7 Å². The fourth-order valence-corrected chi connectivity index (χ4v) is 5.73. The van der Waals surface area contributed by atoms with E-state index in [0.29, 0.717) is 35.7 Å². The average Bonchev–Trinajstić information content (AvgIpc) is 2.60. The second kappa shape index (κ2) is 8.85. The highest BCUT2D eigenvalue weighted by atomic mass is 16.1. The van der Waals surface area contributed by atoms with E-state index in [0.717, 1.165) is 38.9 Å². The normalized spacial score (nSPS) is 38.6. The van der Waals surface area contributed by atoms with Crippen LogP contribution >= 0.6 is 0 Å². The van der Waals surface area contributed by atoms with Crippen LogP contribution in [-0.4, -0.2) is 42.5 Å². The smallest absolute Gasteiger partial charge is 0.223 e.